The summed E-state index contributed by atoms with van der Waals surface area (Å²) in [4.78, 5) is 0. The third-order valence-electron chi connectivity index (χ3n) is 2.46. The maximum Gasteiger partial charge on any atom is 0.112 e. The highest BCUT2D eigenvalue weighted by molar-refractivity contribution is 4.87. The first-order valence-electron chi connectivity index (χ1n) is 4.11. The standard InChI is InChI=1S/C8H16FN/c1-2-8(9)5-3-4-7(10)6-8/h7H,2-6,10H2,1H3. The maximum atomic E-state index is 13.5. The summed E-state index contributed by atoms with van der Waals surface area (Å²) in [7, 11) is 0. The van der Waals surface area contributed by atoms with E-state index in [0.29, 0.717) is 12.8 Å². The number of nitrogens with two attached hydrogens (primary N) is 1. The molecule has 0 aliphatic heterocycles. The summed E-state index contributed by atoms with van der Waals surface area (Å²) in [6.07, 6.45) is 3.89. The molecule has 1 aliphatic rings. The van der Waals surface area contributed by atoms with E-state index in [-0.39, 0.29) is 6.04 Å². The molecule has 0 aromatic heterocycles. The van der Waals surface area contributed by atoms with Gasteiger partial charge in [-0.1, -0.05) is 6.92 Å². The van der Waals surface area contributed by atoms with E-state index in [1.165, 1.54) is 0 Å². The molecule has 0 heterocycles. The number of hydrogen-bond acceptors (Lipinski definition) is 1. The second-order valence-corrected chi connectivity index (χ2v) is 3.36. The lowest BCUT2D eigenvalue weighted by Gasteiger charge is -2.31. The van der Waals surface area contributed by atoms with Gasteiger partial charge in [0.25, 0.3) is 0 Å². The predicted octanol–water partition coefficient (Wildman–Crippen LogP) is 2.01. The van der Waals surface area contributed by atoms with E-state index in [0.717, 1.165) is 19.3 Å². The van der Waals surface area contributed by atoms with Crippen molar-refractivity contribution in [3.63, 3.8) is 0 Å². The van der Waals surface area contributed by atoms with Crippen LogP contribution in [0.1, 0.15) is 39.0 Å². The predicted molar refractivity (Wildman–Crippen MR) is 40.6 cm³/mol. The molecule has 0 saturated heterocycles. The SMILES string of the molecule is CCC1(F)CCCC(N)C1. The van der Waals surface area contributed by atoms with Crippen molar-refractivity contribution in [3.05, 3.63) is 0 Å². The second-order valence-electron chi connectivity index (χ2n) is 3.36. The first kappa shape index (κ1) is 7.99. The van der Waals surface area contributed by atoms with Gasteiger partial charge in [-0.05, 0) is 32.1 Å². The molecule has 2 unspecified atom stereocenters. The topological polar surface area (TPSA) is 26.0 Å². The fourth-order valence-electron chi connectivity index (χ4n) is 1.68. The summed E-state index contributed by atoms with van der Waals surface area (Å²) >= 11 is 0. The minimum Gasteiger partial charge on any atom is -0.328 e. The van der Waals surface area contributed by atoms with Crippen molar-refractivity contribution in [2.75, 3.05) is 0 Å². The van der Waals surface area contributed by atoms with Gasteiger partial charge in [0.2, 0.25) is 0 Å². The van der Waals surface area contributed by atoms with Crippen LogP contribution < -0.4 is 5.73 Å². The Kier molecular flexibility index (Phi) is 2.29. The molecule has 0 aromatic carbocycles. The Morgan fingerprint density at radius 3 is 2.80 bits per heavy atom. The highest BCUT2D eigenvalue weighted by Crippen LogP contribution is 2.33. The van der Waals surface area contributed by atoms with E-state index in [2.05, 4.69) is 0 Å². The van der Waals surface area contributed by atoms with E-state index in [1.807, 2.05) is 6.92 Å². The fraction of sp³-hybridized carbons (Fsp3) is 1.00. The van der Waals surface area contributed by atoms with Crippen molar-refractivity contribution < 1.29 is 4.39 Å². The largest absolute Gasteiger partial charge is 0.328 e. The van der Waals surface area contributed by atoms with Crippen molar-refractivity contribution in [1.29, 1.82) is 0 Å². The average molecular weight is 145 g/mol. The van der Waals surface area contributed by atoms with Gasteiger partial charge in [0.1, 0.15) is 5.67 Å². The monoisotopic (exact) mass is 145 g/mol. The van der Waals surface area contributed by atoms with E-state index in [9.17, 15) is 4.39 Å². The number of halogens is 1. The van der Waals surface area contributed by atoms with Crippen LogP contribution in [0.25, 0.3) is 0 Å². The van der Waals surface area contributed by atoms with Gasteiger partial charge in [-0.25, -0.2) is 4.39 Å². The molecule has 1 rings (SSSR count). The molecular weight excluding hydrogens is 129 g/mol. The minimum absolute atomic E-state index is 0.110. The van der Waals surface area contributed by atoms with Crippen LogP contribution in [-0.2, 0) is 0 Å². The van der Waals surface area contributed by atoms with Gasteiger partial charge >= 0.3 is 0 Å². The quantitative estimate of drug-likeness (QED) is 0.600. The number of hydrogen-bond donors (Lipinski definition) is 1. The Labute approximate surface area is 61.8 Å². The van der Waals surface area contributed by atoms with E-state index in [4.69, 9.17) is 5.73 Å². The molecule has 0 amide bonds. The Hall–Kier alpha value is -0.110. The van der Waals surface area contributed by atoms with Crippen molar-refractivity contribution in [2.45, 2.75) is 50.7 Å². The highest BCUT2D eigenvalue weighted by Gasteiger charge is 2.32. The Balaban J connectivity index is 2.45. The van der Waals surface area contributed by atoms with Crippen molar-refractivity contribution in [3.8, 4) is 0 Å². The van der Waals surface area contributed by atoms with E-state index in [1.54, 1.807) is 0 Å². The van der Waals surface area contributed by atoms with Crippen LogP contribution in [0.4, 0.5) is 4.39 Å². The van der Waals surface area contributed by atoms with Crippen molar-refractivity contribution >= 4 is 0 Å². The lowest BCUT2D eigenvalue weighted by molar-refractivity contribution is 0.0918. The highest BCUT2D eigenvalue weighted by atomic mass is 19.1. The van der Waals surface area contributed by atoms with Gasteiger partial charge in [0.15, 0.2) is 0 Å². The van der Waals surface area contributed by atoms with Crippen LogP contribution in [0, 0.1) is 0 Å². The molecule has 0 aromatic rings. The van der Waals surface area contributed by atoms with Crippen LogP contribution in [0.15, 0.2) is 0 Å². The van der Waals surface area contributed by atoms with Gasteiger partial charge in [-0.2, -0.15) is 0 Å². The number of rotatable bonds is 1. The van der Waals surface area contributed by atoms with Crippen LogP contribution >= 0.6 is 0 Å². The molecule has 1 nitrogen and oxygen atoms in total. The zero-order valence-corrected chi connectivity index (χ0v) is 6.57. The molecule has 2 atom stereocenters. The minimum atomic E-state index is -0.933. The number of alkyl halides is 1. The van der Waals surface area contributed by atoms with Crippen LogP contribution in [-0.4, -0.2) is 11.7 Å². The van der Waals surface area contributed by atoms with E-state index < -0.39 is 5.67 Å². The van der Waals surface area contributed by atoms with Gasteiger partial charge < -0.3 is 5.73 Å². The van der Waals surface area contributed by atoms with Crippen LogP contribution in [0.5, 0.6) is 0 Å². The molecule has 60 valence electrons. The third kappa shape index (κ3) is 1.69. The Morgan fingerprint density at radius 2 is 2.40 bits per heavy atom. The molecule has 1 aliphatic carbocycles. The van der Waals surface area contributed by atoms with Crippen LogP contribution in [0.2, 0.25) is 0 Å². The molecule has 0 radical (unpaired) electrons. The lowest BCUT2D eigenvalue weighted by atomic mass is 9.82. The normalized spacial score (nSPS) is 41.7. The molecule has 2 N–H and O–H groups in total. The summed E-state index contributed by atoms with van der Waals surface area (Å²) in [5.74, 6) is 0. The first-order valence-corrected chi connectivity index (χ1v) is 4.11. The molecule has 1 fully saturated rings. The van der Waals surface area contributed by atoms with Gasteiger partial charge in [0.05, 0.1) is 0 Å². The summed E-state index contributed by atoms with van der Waals surface area (Å²) in [5, 5.41) is 0. The zero-order valence-electron chi connectivity index (χ0n) is 6.57. The molecule has 10 heavy (non-hydrogen) atoms. The fourth-order valence-corrected chi connectivity index (χ4v) is 1.68. The first-order chi connectivity index (χ1) is 4.66. The summed E-state index contributed by atoms with van der Waals surface area (Å²) in [6, 6.07) is 0.110. The van der Waals surface area contributed by atoms with Gasteiger partial charge in [0, 0.05) is 6.04 Å². The smallest absolute Gasteiger partial charge is 0.112 e. The van der Waals surface area contributed by atoms with Crippen molar-refractivity contribution in [2.24, 2.45) is 5.73 Å². The summed E-state index contributed by atoms with van der Waals surface area (Å²) in [6.45, 7) is 1.90. The third-order valence-corrected chi connectivity index (χ3v) is 2.46. The lowest BCUT2D eigenvalue weighted by Crippen LogP contribution is -2.37. The Morgan fingerprint density at radius 1 is 1.70 bits per heavy atom. The van der Waals surface area contributed by atoms with Crippen molar-refractivity contribution in [1.82, 2.24) is 0 Å². The van der Waals surface area contributed by atoms with E-state index >= 15 is 0 Å². The maximum absolute atomic E-state index is 13.5. The molecule has 0 bridgehead atoms. The second kappa shape index (κ2) is 2.87. The molecule has 2 heteroatoms. The summed E-state index contributed by atoms with van der Waals surface area (Å²) in [5.41, 5.74) is 4.71. The molecular formula is C8H16FN. The molecule has 0 spiro atoms. The average Bonchev–Trinajstić information content (AvgIpc) is 1.88. The van der Waals surface area contributed by atoms with Crippen LogP contribution in [0.3, 0.4) is 0 Å². The van der Waals surface area contributed by atoms with Gasteiger partial charge in [-0.3, -0.25) is 0 Å². The summed E-state index contributed by atoms with van der Waals surface area (Å²) < 4.78 is 13.5. The zero-order chi connectivity index (χ0) is 7.61. The Bertz CT molecular complexity index is 116. The van der Waals surface area contributed by atoms with Gasteiger partial charge in [-0.15, -0.1) is 0 Å². The molecule has 1 saturated carbocycles.